The Morgan fingerprint density at radius 1 is 1.22 bits per heavy atom. The van der Waals surface area contributed by atoms with Crippen LogP contribution in [0.4, 0.5) is 4.39 Å². The lowest BCUT2D eigenvalue weighted by Crippen LogP contribution is -2.11. The zero-order valence-corrected chi connectivity index (χ0v) is 11.9. The number of amides is 1. The van der Waals surface area contributed by atoms with Gasteiger partial charge in [-0.3, -0.25) is 9.48 Å². The molecule has 0 aliphatic carbocycles. The Balaban J connectivity index is 1.99. The highest BCUT2D eigenvalue weighted by atomic mass is 19.1. The van der Waals surface area contributed by atoms with E-state index in [1.165, 1.54) is 12.1 Å². The molecule has 0 unspecified atom stereocenters. The average Bonchev–Trinajstić information content (AvgIpc) is 2.90. The fourth-order valence-electron chi connectivity index (χ4n) is 2.40. The van der Waals surface area contributed by atoms with Gasteiger partial charge in [-0.1, -0.05) is 18.2 Å². The van der Waals surface area contributed by atoms with Gasteiger partial charge in [0.15, 0.2) is 0 Å². The third-order valence-electron chi connectivity index (χ3n) is 3.45. The van der Waals surface area contributed by atoms with Gasteiger partial charge < -0.3 is 10.8 Å². The number of nitrogens with zero attached hydrogens (tertiary/aromatic N) is 2. The fourth-order valence-corrected chi connectivity index (χ4v) is 2.40. The number of hydrogen-bond donors (Lipinski definition) is 2. The second-order valence-corrected chi connectivity index (χ2v) is 5.05. The summed E-state index contributed by atoms with van der Waals surface area (Å²) in [7, 11) is 0. The van der Waals surface area contributed by atoms with E-state index < -0.39 is 23.3 Å². The van der Waals surface area contributed by atoms with E-state index in [9.17, 15) is 14.0 Å². The molecule has 0 saturated heterocycles. The van der Waals surface area contributed by atoms with Crippen molar-refractivity contribution in [2.24, 2.45) is 5.73 Å². The molecule has 3 N–H and O–H groups in total. The molecule has 0 fully saturated rings. The van der Waals surface area contributed by atoms with Gasteiger partial charge in [-0.2, -0.15) is 5.10 Å². The predicted molar refractivity (Wildman–Crippen MR) is 80.7 cm³/mol. The molecule has 3 aromatic rings. The van der Waals surface area contributed by atoms with Crippen LogP contribution in [0.15, 0.2) is 42.6 Å². The number of aromatic carboxylic acids is 1. The Morgan fingerprint density at radius 3 is 2.70 bits per heavy atom. The van der Waals surface area contributed by atoms with Gasteiger partial charge in [0.1, 0.15) is 11.3 Å². The molecular weight excluding hydrogens is 301 g/mol. The van der Waals surface area contributed by atoms with Crippen molar-refractivity contribution in [2.45, 2.75) is 6.54 Å². The summed E-state index contributed by atoms with van der Waals surface area (Å²) >= 11 is 0. The van der Waals surface area contributed by atoms with E-state index in [-0.39, 0.29) is 6.54 Å². The quantitative estimate of drug-likeness (QED) is 0.770. The van der Waals surface area contributed by atoms with Crippen molar-refractivity contribution in [1.82, 2.24) is 9.78 Å². The van der Waals surface area contributed by atoms with Gasteiger partial charge in [0.05, 0.1) is 17.7 Å². The van der Waals surface area contributed by atoms with E-state index in [1.807, 2.05) is 0 Å². The first-order valence-corrected chi connectivity index (χ1v) is 6.73. The maximum absolute atomic E-state index is 13.4. The molecule has 1 heterocycles. The summed E-state index contributed by atoms with van der Waals surface area (Å²) in [6.07, 6.45) is 1.71. The van der Waals surface area contributed by atoms with Crippen molar-refractivity contribution >= 4 is 22.8 Å². The number of benzene rings is 2. The summed E-state index contributed by atoms with van der Waals surface area (Å²) in [5.41, 5.74) is 6.29. The monoisotopic (exact) mass is 313 g/mol. The molecule has 3 rings (SSSR count). The number of hydrogen-bond acceptors (Lipinski definition) is 3. The first kappa shape index (κ1) is 14.7. The van der Waals surface area contributed by atoms with Crippen LogP contribution in [-0.2, 0) is 6.54 Å². The van der Waals surface area contributed by atoms with E-state index >= 15 is 0 Å². The standard InChI is InChI=1S/C16H12FN3O3/c17-13-5-4-9(6-12(13)16(22)23)7-20-8-10-2-1-3-11(15(18)21)14(10)19-20/h1-6,8H,7H2,(H2,18,21)(H,22,23). The van der Waals surface area contributed by atoms with Crippen molar-refractivity contribution in [3.05, 3.63) is 65.1 Å². The molecule has 0 aliphatic heterocycles. The largest absolute Gasteiger partial charge is 0.478 e. The van der Waals surface area contributed by atoms with E-state index in [4.69, 9.17) is 10.8 Å². The third kappa shape index (κ3) is 2.76. The summed E-state index contributed by atoms with van der Waals surface area (Å²) in [5, 5.41) is 14.0. The Morgan fingerprint density at radius 2 is 2.00 bits per heavy atom. The molecule has 0 radical (unpaired) electrons. The van der Waals surface area contributed by atoms with Gasteiger partial charge in [0, 0.05) is 11.6 Å². The van der Waals surface area contributed by atoms with E-state index in [1.54, 1.807) is 29.1 Å². The van der Waals surface area contributed by atoms with E-state index in [0.717, 1.165) is 11.5 Å². The minimum atomic E-state index is -1.33. The van der Waals surface area contributed by atoms with E-state index in [2.05, 4.69) is 5.10 Å². The van der Waals surface area contributed by atoms with Gasteiger partial charge in [0.2, 0.25) is 0 Å². The van der Waals surface area contributed by atoms with Gasteiger partial charge in [-0.05, 0) is 23.8 Å². The summed E-state index contributed by atoms with van der Waals surface area (Å²) in [5.74, 6) is -2.69. The number of nitrogens with two attached hydrogens (primary N) is 1. The van der Waals surface area contributed by atoms with Gasteiger partial charge in [-0.15, -0.1) is 0 Å². The molecule has 116 valence electrons. The number of primary amides is 1. The fraction of sp³-hybridized carbons (Fsp3) is 0.0625. The number of aromatic nitrogens is 2. The number of carboxylic acids is 1. The van der Waals surface area contributed by atoms with E-state index in [0.29, 0.717) is 16.6 Å². The third-order valence-corrected chi connectivity index (χ3v) is 3.45. The minimum Gasteiger partial charge on any atom is -0.478 e. The van der Waals surface area contributed by atoms with Crippen LogP contribution in [0.2, 0.25) is 0 Å². The van der Waals surface area contributed by atoms with Crippen LogP contribution in [0, 0.1) is 5.82 Å². The van der Waals surface area contributed by atoms with Crippen LogP contribution in [-0.4, -0.2) is 26.8 Å². The molecule has 2 aromatic carbocycles. The second-order valence-electron chi connectivity index (χ2n) is 5.05. The first-order valence-electron chi connectivity index (χ1n) is 6.73. The summed E-state index contributed by atoms with van der Waals surface area (Å²) in [6.45, 7) is 0.243. The number of carbonyl (C=O) groups excluding carboxylic acids is 1. The Bertz CT molecular complexity index is 933. The van der Waals surface area contributed by atoms with Gasteiger partial charge in [0.25, 0.3) is 5.91 Å². The molecule has 0 saturated carbocycles. The summed E-state index contributed by atoms with van der Waals surface area (Å²) in [6, 6.07) is 8.94. The molecule has 6 nitrogen and oxygen atoms in total. The molecule has 1 amide bonds. The maximum Gasteiger partial charge on any atom is 0.338 e. The highest BCUT2D eigenvalue weighted by Crippen LogP contribution is 2.18. The Hall–Kier alpha value is -3.22. The average molecular weight is 313 g/mol. The zero-order valence-electron chi connectivity index (χ0n) is 11.9. The second kappa shape index (κ2) is 5.53. The van der Waals surface area contributed by atoms with Crippen LogP contribution >= 0.6 is 0 Å². The normalized spacial score (nSPS) is 10.8. The lowest BCUT2D eigenvalue weighted by molar-refractivity contribution is 0.0691. The lowest BCUT2D eigenvalue weighted by atomic mass is 10.1. The zero-order chi connectivity index (χ0) is 16.6. The molecular formula is C16H12FN3O3. The molecule has 1 aromatic heterocycles. The molecule has 23 heavy (non-hydrogen) atoms. The molecule has 0 spiro atoms. The van der Waals surface area contributed by atoms with Crippen molar-refractivity contribution in [1.29, 1.82) is 0 Å². The van der Waals surface area contributed by atoms with Crippen molar-refractivity contribution < 1.29 is 19.1 Å². The number of carboxylic acid groups (broad SMARTS) is 1. The highest BCUT2D eigenvalue weighted by molar-refractivity contribution is 6.04. The van der Waals surface area contributed by atoms with Crippen LogP contribution in [0.25, 0.3) is 10.9 Å². The van der Waals surface area contributed by atoms with Crippen molar-refractivity contribution in [3.63, 3.8) is 0 Å². The molecule has 0 bridgehead atoms. The van der Waals surface area contributed by atoms with Gasteiger partial charge >= 0.3 is 5.97 Å². The number of fused-ring (bicyclic) bond motifs is 1. The Kier molecular flexibility index (Phi) is 3.53. The molecule has 7 heteroatoms. The van der Waals surface area contributed by atoms with Crippen LogP contribution in [0.1, 0.15) is 26.3 Å². The Labute approximate surface area is 129 Å². The van der Waals surface area contributed by atoms with Crippen molar-refractivity contribution in [3.8, 4) is 0 Å². The predicted octanol–water partition coefficient (Wildman–Crippen LogP) is 2.02. The van der Waals surface area contributed by atoms with Crippen LogP contribution < -0.4 is 5.73 Å². The number of halogens is 1. The molecule has 0 aliphatic rings. The SMILES string of the molecule is NC(=O)c1cccc2cn(Cc3ccc(F)c(C(=O)O)c3)nc12. The van der Waals surface area contributed by atoms with Crippen LogP contribution in [0.5, 0.6) is 0 Å². The lowest BCUT2D eigenvalue weighted by Gasteiger charge is -2.04. The number of rotatable bonds is 4. The van der Waals surface area contributed by atoms with Crippen molar-refractivity contribution in [2.75, 3.05) is 0 Å². The maximum atomic E-state index is 13.4. The summed E-state index contributed by atoms with van der Waals surface area (Å²) < 4.78 is 15.0. The highest BCUT2D eigenvalue weighted by Gasteiger charge is 2.13. The summed E-state index contributed by atoms with van der Waals surface area (Å²) in [4.78, 5) is 22.4. The number of carbonyl (C=O) groups is 2. The minimum absolute atomic E-state index is 0.243. The smallest absolute Gasteiger partial charge is 0.338 e. The first-order chi connectivity index (χ1) is 11.0. The van der Waals surface area contributed by atoms with Gasteiger partial charge in [-0.25, -0.2) is 9.18 Å². The topological polar surface area (TPSA) is 98.2 Å². The molecule has 0 atom stereocenters. The van der Waals surface area contributed by atoms with Crippen LogP contribution in [0.3, 0.4) is 0 Å².